The van der Waals surface area contributed by atoms with Gasteiger partial charge in [0.15, 0.2) is 0 Å². The van der Waals surface area contributed by atoms with Crippen molar-refractivity contribution in [3.63, 3.8) is 0 Å². The third kappa shape index (κ3) is 2.12. The van der Waals surface area contributed by atoms with Gasteiger partial charge in [-0.15, -0.1) is 6.42 Å². The van der Waals surface area contributed by atoms with Crippen molar-refractivity contribution >= 4 is 5.91 Å². The quantitative estimate of drug-likeness (QED) is 0.692. The lowest BCUT2D eigenvalue weighted by molar-refractivity contribution is 0.0946. The molecule has 3 heteroatoms. The Kier molecular flexibility index (Phi) is 2.76. The van der Waals surface area contributed by atoms with Gasteiger partial charge in [-0.05, 0) is 19.9 Å². The summed E-state index contributed by atoms with van der Waals surface area (Å²) in [7, 11) is 0. The van der Waals surface area contributed by atoms with E-state index < -0.39 is 0 Å². The molecule has 0 fully saturated rings. The zero-order valence-electron chi connectivity index (χ0n) is 7.63. The summed E-state index contributed by atoms with van der Waals surface area (Å²) in [6, 6.07) is 1.36. The zero-order chi connectivity index (χ0) is 9.84. The maximum absolute atomic E-state index is 11.4. The van der Waals surface area contributed by atoms with Crippen molar-refractivity contribution in [3.8, 4) is 12.3 Å². The fourth-order valence-corrected chi connectivity index (χ4v) is 0.937. The van der Waals surface area contributed by atoms with Gasteiger partial charge in [-0.2, -0.15) is 0 Å². The molecule has 13 heavy (non-hydrogen) atoms. The Bertz CT molecular complexity index is 346. The van der Waals surface area contributed by atoms with E-state index in [1.165, 1.54) is 6.26 Å². The average Bonchev–Trinajstić information content (AvgIpc) is 2.51. The van der Waals surface area contributed by atoms with Gasteiger partial charge in [0.1, 0.15) is 5.76 Å². The van der Waals surface area contributed by atoms with Crippen molar-refractivity contribution in [3.05, 3.63) is 23.7 Å². The van der Waals surface area contributed by atoms with Crippen LogP contribution in [-0.2, 0) is 0 Å². The Morgan fingerprint density at radius 1 is 1.77 bits per heavy atom. The number of nitrogens with one attached hydrogen (secondary N) is 1. The lowest BCUT2D eigenvalue weighted by Gasteiger charge is -2.05. The second kappa shape index (κ2) is 3.81. The first-order valence-corrected chi connectivity index (χ1v) is 3.96. The van der Waals surface area contributed by atoms with Gasteiger partial charge in [0, 0.05) is 0 Å². The predicted molar refractivity (Wildman–Crippen MR) is 49.2 cm³/mol. The van der Waals surface area contributed by atoms with Gasteiger partial charge in [-0.3, -0.25) is 4.79 Å². The molecule has 0 aliphatic heterocycles. The zero-order valence-corrected chi connectivity index (χ0v) is 7.63. The van der Waals surface area contributed by atoms with E-state index in [-0.39, 0.29) is 11.9 Å². The molecule has 0 saturated heterocycles. The van der Waals surface area contributed by atoms with Gasteiger partial charge in [-0.1, -0.05) is 5.92 Å². The number of rotatable bonds is 2. The van der Waals surface area contributed by atoms with Crippen LogP contribution in [0, 0.1) is 19.3 Å². The molecule has 1 atom stereocenters. The van der Waals surface area contributed by atoms with Crippen LogP contribution >= 0.6 is 0 Å². The first-order chi connectivity index (χ1) is 6.15. The van der Waals surface area contributed by atoms with E-state index in [0.29, 0.717) is 11.3 Å². The van der Waals surface area contributed by atoms with Crippen LogP contribution in [0.2, 0.25) is 0 Å². The highest BCUT2D eigenvalue weighted by Crippen LogP contribution is 2.08. The Labute approximate surface area is 77.1 Å². The van der Waals surface area contributed by atoms with Gasteiger partial charge in [0.25, 0.3) is 5.91 Å². The summed E-state index contributed by atoms with van der Waals surface area (Å²) in [6.07, 6.45) is 6.60. The van der Waals surface area contributed by atoms with Gasteiger partial charge in [0.05, 0.1) is 17.9 Å². The molecule has 68 valence electrons. The fraction of sp³-hybridized carbons (Fsp3) is 0.300. The topological polar surface area (TPSA) is 42.2 Å². The standard InChI is InChI=1S/C10H11NO2/c1-4-7(2)11-10(12)9-5-6-13-8(9)3/h1,5-7H,2-3H3,(H,11,12). The van der Waals surface area contributed by atoms with Crippen molar-refractivity contribution in [1.82, 2.24) is 5.32 Å². The Morgan fingerprint density at radius 2 is 2.46 bits per heavy atom. The number of terminal acetylenes is 1. The maximum Gasteiger partial charge on any atom is 0.255 e. The summed E-state index contributed by atoms with van der Waals surface area (Å²) in [4.78, 5) is 11.4. The van der Waals surface area contributed by atoms with E-state index >= 15 is 0 Å². The molecule has 0 aliphatic carbocycles. The van der Waals surface area contributed by atoms with Crippen molar-refractivity contribution < 1.29 is 9.21 Å². The molecule has 1 amide bonds. The summed E-state index contributed by atoms with van der Waals surface area (Å²) >= 11 is 0. The maximum atomic E-state index is 11.4. The summed E-state index contributed by atoms with van der Waals surface area (Å²) in [6.45, 7) is 3.47. The molecule has 3 nitrogen and oxygen atoms in total. The van der Waals surface area contributed by atoms with Crippen LogP contribution in [0.1, 0.15) is 23.0 Å². The van der Waals surface area contributed by atoms with Crippen LogP contribution < -0.4 is 5.32 Å². The molecule has 1 aromatic rings. The number of amides is 1. The molecule has 0 aromatic carbocycles. The highest BCUT2D eigenvalue weighted by atomic mass is 16.3. The average molecular weight is 177 g/mol. The molecular formula is C10H11NO2. The van der Waals surface area contributed by atoms with Gasteiger partial charge in [0.2, 0.25) is 0 Å². The lowest BCUT2D eigenvalue weighted by Crippen LogP contribution is -2.31. The van der Waals surface area contributed by atoms with Crippen LogP contribution in [0.25, 0.3) is 0 Å². The SMILES string of the molecule is C#CC(C)NC(=O)c1ccoc1C. The highest BCUT2D eigenvalue weighted by molar-refractivity contribution is 5.95. The summed E-state index contributed by atoms with van der Waals surface area (Å²) in [5, 5.41) is 2.64. The number of carbonyl (C=O) groups excluding carboxylic acids is 1. The number of furan rings is 1. The molecule has 0 aliphatic rings. The number of carbonyl (C=O) groups is 1. The summed E-state index contributed by atoms with van der Waals surface area (Å²) in [5.74, 6) is 2.82. The van der Waals surface area contributed by atoms with Crippen molar-refractivity contribution in [2.45, 2.75) is 19.9 Å². The minimum Gasteiger partial charge on any atom is -0.469 e. The molecule has 1 unspecified atom stereocenters. The number of hydrogen-bond acceptors (Lipinski definition) is 2. The predicted octanol–water partition coefficient (Wildman–Crippen LogP) is 1.34. The highest BCUT2D eigenvalue weighted by Gasteiger charge is 2.12. The van der Waals surface area contributed by atoms with E-state index in [9.17, 15) is 4.79 Å². The van der Waals surface area contributed by atoms with Crippen LogP contribution in [-0.4, -0.2) is 11.9 Å². The minimum absolute atomic E-state index is 0.197. The van der Waals surface area contributed by atoms with E-state index in [1.807, 2.05) is 0 Å². The molecule has 1 heterocycles. The minimum atomic E-state index is -0.262. The van der Waals surface area contributed by atoms with E-state index in [4.69, 9.17) is 10.8 Å². The van der Waals surface area contributed by atoms with Crippen LogP contribution in [0.5, 0.6) is 0 Å². The molecule has 0 bridgehead atoms. The fourth-order valence-electron chi connectivity index (χ4n) is 0.937. The molecule has 1 N–H and O–H groups in total. The third-order valence-corrected chi connectivity index (χ3v) is 1.70. The first kappa shape index (κ1) is 9.40. The van der Waals surface area contributed by atoms with Crippen LogP contribution in [0.3, 0.4) is 0 Å². The molecule has 0 saturated carbocycles. The number of aryl methyl sites for hydroxylation is 1. The largest absolute Gasteiger partial charge is 0.469 e. The Morgan fingerprint density at radius 3 is 2.92 bits per heavy atom. The molecule has 0 spiro atoms. The van der Waals surface area contributed by atoms with E-state index in [1.54, 1.807) is 19.9 Å². The molecule has 1 rings (SSSR count). The summed E-state index contributed by atoms with van der Waals surface area (Å²) < 4.78 is 4.99. The van der Waals surface area contributed by atoms with Gasteiger partial charge < -0.3 is 9.73 Å². The van der Waals surface area contributed by atoms with Crippen LogP contribution in [0.4, 0.5) is 0 Å². The number of hydrogen-bond donors (Lipinski definition) is 1. The molecule has 1 aromatic heterocycles. The second-order valence-corrected chi connectivity index (χ2v) is 2.75. The van der Waals surface area contributed by atoms with Crippen LogP contribution in [0.15, 0.2) is 16.7 Å². The van der Waals surface area contributed by atoms with Gasteiger partial charge >= 0.3 is 0 Å². The van der Waals surface area contributed by atoms with E-state index in [0.717, 1.165) is 0 Å². The monoisotopic (exact) mass is 177 g/mol. The van der Waals surface area contributed by atoms with Gasteiger partial charge in [-0.25, -0.2) is 0 Å². The molecular weight excluding hydrogens is 166 g/mol. The third-order valence-electron chi connectivity index (χ3n) is 1.70. The normalized spacial score (nSPS) is 11.8. The Hall–Kier alpha value is -1.69. The Balaban J connectivity index is 2.71. The second-order valence-electron chi connectivity index (χ2n) is 2.75. The summed E-state index contributed by atoms with van der Waals surface area (Å²) in [5.41, 5.74) is 0.530. The smallest absolute Gasteiger partial charge is 0.255 e. The van der Waals surface area contributed by atoms with Crippen molar-refractivity contribution in [2.75, 3.05) is 0 Å². The van der Waals surface area contributed by atoms with Crippen molar-refractivity contribution in [1.29, 1.82) is 0 Å². The van der Waals surface area contributed by atoms with Crippen molar-refractivity contribution in [2.24, 2.45) is 0 Å². The van der Waals surface area contributed by atoms with E-state index in [2.05, 4.69) is 11.2 Å². The first-order valence-electron chi connectivity index (χ1n) is 3.96. The molecule has 0 radical (unpaired) electrons. The lowest BCUT2D eigenvalue weighted by atomic mass is 10.2.